The van der Waals surface area contributed by atoms with E-state index >= 15 is 8.78 Å². The van der Waals surface area contributed by atoms with Crippen LogP contribution in [-0.2, 0) is 26.1 Å². The fourth-order valence-corrected chi connectivity index (χ4v) is 5.75. The van der Waals surface area contributed by atoms with E-state index in [1.54, 1.807) is 34.6 Å². The summed E-state index contributed by atoms with van der Waals surface area (Å²) in [4.78, 5) is 15.1. The smallest absolute Gasteiger partial charge is 0.337 e. The summed E-state index contributed by atoms with van der Waals surface area (Å²) in [5.41, 5.74) is 2.95. The molecule has 0 saturated carbocycles. The van der Waals surface area contributed by atoms with Crippen LogP contribution in [0, 0.1) is 32.4 Å². The van der Waals surface area contributed by atoms with Crippen LogP contribution >= 0.6 is 0 Å². The Hall–Kier alpha value is -3.34. The minimum Gasteiger partial charge on any atom is -0.479 e. The maximum Gasteiger partial charge on any atom is 0.337 e. The monoisotopic (exact) mass is 558 g/mol. The van der Waals surface area contributed by atoms with Gasteiger partial charge in [0.25, 0.3) is 0 Å². The van der Waals surface area contributed by atoms with Gasteiger partial charge in [-0.05, 0) is 75.9 Å². The summed E-state index contributed by atoms with van der Waals surface area (Å²) in [7, 11) is -3.85. The van der Waals surface area contributed by atoms with Gasteiger partial charge in [-0.2, -0.15) is 0 Å². The first kappa shape index (κ1) is 28.7. The molecular weight excluding hydrogens is 526 g/mol. The molecule has 0 saturated heterocycles. The Morgan fingerprint density at radius 3 is 2.10 bits per heavy atom. The second-order valence-electron chi connectivity index (χ2n) is 10.9. The molecule has 1 aliphatic rings. The molecule has 39 heavy (non-hydrogen) atoms. The van der Waals surface area contributed by atoms with Crippen molar-refractivity contribution < 1.29 is 31.8 Å². The van der Waals surface area contributed by atoms with E-state index in [0.29, 0.717) is 27.8 Å². The first-order valence-electron chi connectivity index (χ1n) is 12.4. The number of carboxylic acid groups (broad SMARTS) is 1. The third-order valence-electron chi connectivity index (χ3n) is 6.63. The Labute approximate surface area is 227 Å². The lowest BCUT2D eigenvalue weighted by Gasteiger charge is -2.38. The molecule has 0 radical (unpaired) electrons. The number of carboxylic acids is 1. The number of sulfonamides is 1. The van der Waals surface area contributed by atoms with Gasteiger partial charge in [-0.25, -0.2) is 22.0 Å². The van der Waals surface area contributed by atoms with Crippen LogP contribution in [0.5, 0.6) is 0 Å². The van der Waals surface area contributed by atoms with Crippen LogP contribution in [0.15, 0.2) is 36.4 Å². The number of nitrogens with one attached hydrogen (secondary N) is 1. The number of anilines is 1. The second-order valence-corrected chi connectivity index (χ2v) is 12.6. The van der Waals surface area contributed by atoms with Crippen molar-refractivity contribution in [1.82, 2.24) is 4.83 Å². The molecule has 0 amide bonds. The molecule has 0 bridgehead atoms. The summed E-state index contributed by atoms with van der Waals surface area (Å²) in [5, 5.41) is 11.6. The Balaban J connectivity index is 2.22. The number of fused-ring (bicyclic) bond motifs is 3. The van der Waals surface area contributed by atoms with Crippen molar-refractivity contribution in [2.45, 2.75) is 59.8 Å². The van der Waals surface area contributed by atoms with Crippen LogP contribution in [0.3, 0.4) is 0 Å². The first-order valence-corrected chi connectivity index (χ1v) is 14.3. The lowest BCUT2D eigenvalue weighted by molar-refractivity contribution is -0.160. The van der Waals surface area contributed by atoms with E-state index in [1.165, 1.54) is 5.01 Å². The average molecular weight is 559 g/mol. The molecule has 3 aromatic rings. The second kappa shape index (κ2) is 10.0. The number of benzene rings is 3. The molecule has 1 aliphatic heterocycles. The lowest BCUT2D eigenvalue weighted by Crippen LogP contribution is -2.44. The lowest BCUT2D eigenvalue weighted by atomic mass is 9.79. The number of nitrogens with zero attached hydrogens (tertiary/aromatic N) is 1. The summed E-state index contributed by atoms with van der Waals surface area (Å²) in [6.07, 6.45) is -0.486. The minimum atomic E-state index is -3.85. The van der Waals surface area contributed by atoms with Crippen molar-refractivity contribution in [3.05, 3.63) is 75.8 Å². The number of carbonyl (C=O) groups is 1. The molecule has 3 aromatic carbocycles. The van der Waals surface area contributed by atoms with Crippen molar-refractivity contribution in [1.29, 1.82) is 0 Å². The normalized spacial score (nSPS) is 14.1. The van der Waals surface area contributed by atoms with Crippen LogP contribution in [-0.4, -0.2) is 31.4 Å². The highest BCUT2D eigenvalue weighted by molar-refractivity contribution is 7.88. The highest BCUT2D eigenvalue weighted by Crippen LogP contribution is 2.51. The Morgan fingerprint density at radius 2 is 1.56 bits per heavy atom. The van der Waals surface area contributed by atoms with Crippen molar-refractivity contribution >= 4 is 21.7 Å². The fourth-order valence-electron chi connectivity index (χ4n) is 5.19. The SMILES string of the molecule is Cc1ccc(-c2c(C)c3c(c(C)c2[C@H](OC(C)(C)C)C(=O)O)N(NS(C)(=O)=O)Cc2c(F)ccc(F)c2-3)cc1. The van der Waals surface area contributed by atoms with Gasteiger partial charge in [0.2, 0.25) is 10.0 Å². The Morgan fingerprint density at radius 1 is 0.974 bits per heavy atom. The standard InChI is InChI=1S/C29H32F2N2O5S/c1-15-8-10-18(11-9-15)22-16(2)23-25-19(20(30)12-13-21(25)31)14-33(32-39(7,36)37)26(23)17(3)24(22)27(28(34)35)38-29(4,5)6/h8-13,27,32H,14H2,1-7H3,(H,34,35)/t27-/m0/s1. The molecule has 0 fully saturated rings. The van der Waals surface area contributed by atoms with Crippen LogP contribution in [0.25, 0.3) is 22.3 Å². The van der Waals surface area contributed by atoms with Gasteiger partial charge in [-0.3, -0.25) is 5.01 Å². The zero-order valence-corrected chi connectivity index (χ0v) is 23.8. The summed E-state index contributed by atoms with van der Waals surface area (Å²) in [6.45, 7) is 10.2. The molecule has 4 rings (SSSR count). The van der Waals surface area contributed by atoms with E-state index in [4.69, 9.17) is 4.74 Å². The van der Waals surface area contributed by atoms with Gasteiger partial charge in [0.1, 0.15) is 11.6 Å². The number of rotatable bonds is 6. The van der Waals surface area contributed by atoms with Gasteiger partial charge in [0.05, 0.1) is 24.1 Å². The Kier molecular flexibility index (Phi) is 7.35. The van der Waals surface area contributed by atoms with Gasteiger partial charge in [0.15, 0.2) is 6.10 Å². The van der Waals surface area contributed by atoms with Crippen LogP contribution in [0.2, 0.25) is 0 Å². The zero-order valence-electron chi connectivity index (χ0n) is 22.9. The maximum absolute atomic E-state index is 15.5. The minimum absolute atomic E-state index is 0.00974. The third-order valence-corrected chi connectivity index (χ3v) is 7.18. The molecule has 208 valence electrons. The van der Waals surface area contributed by atoms with Crippen LogP contribution in [0.1, 0.15) is 54.7 Å². The number of aryl methyl sites for hydroxylation is 1. The summed E-state index contributed by atoms with van der Waals surface area (Å²) in [5.74, 6) is -2.59. The molecule has 0 unspecified atom stereocenters. The largest absolute Gasteiger partial charge is 0.479 e. The highest BCUT2D eigenvalue weighted by atomic mass is 32.2. The number of ether oxygens (including phenoxy) is 1. The van der Waals surface area contributed by atoms with E-state index in [1.807, 2.05) is 31.2 Å². The van der Waals surface area contributed by atoms with Crippen molar-refractivity contribution in [2.75, 3.05) is 11.3 Å². The number of halogens is 2. The van der Waals surface area contributed by atoms with E-state index in [0.717, 1.165) is 24.0 Å². The molecular formula is C29H32F2N2O5S. The third kappa shape index (κ3) is 5.54. The van der Waals surface area contributed by atoms with Gasteiger partial charge in [0, 0.05) is 22.3 Å². The van der Waals surface area contributed by atoms with Crippen LogP contribution in [0.4, 0.5) is 14.5 Å². The Bertz CT molecular complexity index is 1580. The number of aliphatic carboxylic acids is 1. The summed E-state index contributed by atoms with van der Waals surface area (Å²) >= 11 is 0. The van der Waals surface area contributed by atoms with Gasteiger partial charge >= 0.3 is 5.97 Å². The van der Waals surface area contributed by atoms with E-state index < -0.39 is 39.3 Å². The predicted molar refractivity (Wildman–Crippen MR) is 147 cm³/mol. The molecule has 7 nitrogen and oxygen atoms in total. The topological polar surface area (TPSA) is 95.9 Å². The van der Waals surface area contributed by atoms with Crippen molar-refractivity contribution in [3.8, 4) is 22.3 Å². The molecule has 1 atom stereocenters. The predicted octanol–water partition coefficient (Wildman–Crippen LogP) is 5.95. The van der Waals surface area contributed by atoms with Crippen molar-refractivity contribution in [3.63, 3.8) is 0 Å². The fraction of sp³-hybridized carbons (Fsp3) is 0.345. The van der Waals surface area contributed by atoms with E-state index in [9.17, 15) is 18.3 Å². The summed E-state index contributed by atoms with van der Waals surface area (Å²) < 4.78 is 61.3. The van der Waals surface area contributed by atoms with Gasteiger partial charge in [-0.1, -0.05) is 29.8 Å². The number of hydrogen-bond donors (Lipinski definition) is 2. The van der Waals surface area contributed by atoms with E-state index in [2.05, 4.69) is 4.83 Å². The highest BCUT2D eigenvalue weighted by Gasteiger charge is 2.38. The summed E-state index contributed by atoms with van der Waals surface area (Å²) in [6, 6.07) is 9.46. The first-order chi connectivity index (χ1) is 18.0. The van der Waals surface area contributed by atoms with Gasteiger partial charge < -0.3 is 9.84 Å². The zero-order chi connectivity index (χ0) is 29.0. The van der Waals surface area contributed by atoms with Crippen LogP contribution < -0.4 is 9.84 Å². The number of hydrazine groups is 1. The number of hydrogen-bond acceptors (Lipinski definition) is 5. The van der Waals surface area contributed by atoms with Crippen molar-refractivity contribution in [2.24, 2.45) is 0 Å². The molecule has 0 spiro atoms. The quantitative estimate of drug-likeness (QED) is 0.388. The molecule has 2 N–H and O–H groups in total. The maximum atomic E-state index is 15.5. The molecule has 1 heterocycles. The molecule has 0 aliphatic carbocycles. The van der Waals surface area contributed by atoms with Gasteiger partial charge in [-0.15, -0.1) is 4.83 Å². The average Bonchev–Trinajstić information content (AvgIpc) is 2.80. The molecule has 10 heteroatoms. The molecule has 0 aromatic heterocycles. The van der Waals surface area contributed by atoms with E-state index in [-0.39, 0.29) is 28.9 Å².